The van der Waals surface area contributed by atoms with Crippen molar-refractivity contribution in [2.75, 3.05) is 6.61 Å². The van der Waals surface area contributed by atoms with E-state index in [4.69, 9.17) is 15.5 Å². The Kier molecular flexibility index (Phi) is 8.12. The highest BCUT2D eigenvalue weighted by atomic mass is 32.2. The van der Waals surface area contributed by atoms with Gasteiger partial charge >= 0.3 is 14.0 Å². The normalized spacial score (nSPS) is 14.5. The molecule has 0 aromatic heterocycles. The van der Waals surface area contributed by atoms with E-state index in [1.165, 1.54) is 18.2 Å². The minimum Gasteiger partial charge on any atom is -0.323 e. The summed E-state index contributed by atoms with van der Waals surface area (Å²) in [6.07, 6.45) is -3.32. The maximum absolute atomic E-state index is 14.4. The molecule has 4 N–H and O–H groups in total. The smallest absolute Gasteiger partial charge is 0.323 e. The Labute approximate surface area is 175 Å². The van der Waals surface area contributed by atoms with Crippen LogP contribution in [0.1, 0.15) is 30.9 Å². The molecule has 0 saturated carbocycles. The molecule has 11 heteroatoms. The van der Waals surface area contributed by atoms with Crippen molar-refractivity contribution < 1.29 is 36.4 Å². The lowest BCUT2D eigenvalue weighted by molar-refractivity contribution is -0.137. The van der Waals surface area contributed by atoms with Gasteiger partial charge in [-0.1, -0.05) is 23.9 Å². The molecule has 0 fully saturated rings. The van der Waals surface area contributed by atoms with Crippen LogP contribution in [0, 0.1) is 5.82 Å². The van der Waals surface area contributed by atoms with Crippen molar-refractivity contribution in [3.8, 4) is 0 Å². The van der Waals surface area contributed by atoms with Crippen LogP contribution in [0.25, 0.3) is 0 Å². The number of alkyl halides is 3. The Balaban J connectivity index is 1.95. The molecule has 2 aromatic rings. The summed E-state index contributed by atoms with van der Waals surface area (Å²) in [4.78, 5) is 18.3. The Morgan fingerprint density at radius 3 is 2.40 bits per heavy atom. The summed E-state index contributed by atoms with van der Waals surface area (Å²) in [5.74, 6) is -0.489. The van der Waals surface area contributed by atoms with Crippen molar-refractivity contribution >= 4 is 19.6 Å². The van der Waals surface area contributed by atoms with Gasteiger partial charge in [0.1, 0.15) is 5.82 Å². The van der Waals surface area contributed by atoms with Crippen LogP contribution in [-0.4, -0.2) is 21.9 Å². The first-order valence-corrected chi connectivity index (χ1v) is 11.2. The van der Waals surface area contributed by atoms with Crippen LogP contribution in [0.3, 0.4) is 0 Å². The Hall–Kier alpha value is -1.42. The number of phosphoric acid groups is 1. The minimum absolute atomic E-state index is 0.336. The molecule has 0 spiro atoms. The second kappa shape index (κ2) is 9.80. The van der Waals surface area contributed by atoms with Gasteiger partial charge in [-0.05, 0) is 62.1 Å². The predicted octanol–water partition coefficient (Wildman–Crippen LogP) is 5.15. The highest BCUT2D eigenvalue weighted by molar-refractivity contribution is 7.99. The van der Waals surface area contributed by atoms with E-state index in [-0.39, 0.29) is 6.61 Å². The summed E-state index contributed by atoms with van der Waals surface area (Å²) in [6.45, 7) is 1.24. The van der Waals surface area contributed by atoms with E-state index in [9.17, 15) is 22.1 Å². The number of aryl methyl sites for hydroxylation is 1. The van der Waals surface area contributed by atoms with E-state index >= 15 is 0 Å². The first kappa shape index (κ1) is 24.8. The molecule has 166 valence electrons. The number of rotatable bonds is 9. The SMILES string of the molecule is CC(N)(CCCc1ccc(Sc2cccc(C(F)(F)F)c2)cc1F)COP(=O)(O)O. The molecule has 0 aliphatic carbocycles. The fourth-order valence-electron chi connectivity index (χ4n) is 2.65. The van der Waals surface area contributed by atoms with Gasteiger partial charge in [-0.3, -0.25) is 4.52 Å². The Morgan fingerprint density at radius 2 is 1.80 bits per heavy atom. The third kappa shape index (κ3) is 8.37. The molecule has 0 aliphatic rings. The van der Waals surface area contributed by atoms with Gasteiger partial charge in [0.05, 0.1) is 12.2 Å². The highest BCUT2D eigenvalue weighted by Crippen LogP contribution is 2.37. The van der Waals surface area contributed by atoms with E-state index < -0.39 is 30.9 Å². The average Bonchev–Trinajstić information content (AvgIpc) is 2.61. The Morgan fingerprint density at radius 1 is 1.13 bits per heavy atom. The van der Waals surface area contributed by atoms with Gasteiger partial charge in [0.15, 0.2) is 0 Å². The summed E-state index contributed by atoms with van der Waals surface area (Å²) in [5, 5.41) is 0. The molecule has 5 nitrogen and oxygen atoms in total. The second-order valence-corrected chi connectivity index (χ2v) is 9.54. The zero-order valence-corrected chi connectivity index (χ0v) is 17.7. The number of phosphoric ester groups is 1. The number of hydrogen-bond donors (Lipinski definition) is 3. The molecular weight excluding hydrogens is 445 g/mol. The van der Waals surface area contributed by atoms with Crippen molar-refractivity contribution in [2.24, 2.45) is 5.73 Å². The molecule has 0 radical (unpaired) electrons. The fraction of sp³-hybridized carbons (Fsp3) is 0.368. The summed E-state index contributed by atoms with van der Waals surface area (Å²) >= 11 is 1.03. The van der Waals surface area contributed by atoms with Crippen LogP contribution < -0.4 is 5.73 Å². The minimum atomic E-state index is -4.61. The highest BCUT2D eigenvalue weighted by Gasteiger charge is 2.30. The van der Waals surface area contributed by atoms with Gasteiger partial charge in [0, 0.05) is 15.3 Å². The predicted molar refractivity (Wildman–Crippen MR) is 105 cm³/mol. The molecule has 0 amide bonds. The van der Waals surface area contributed by atoms with Crippen LogP contribution in [0.15, 0.2) is 52.3 Å². The standard InChI is InChI=1S/C19H22F4NO4PS/c1-18(24,12-28-29(25,26)27)9-3-4-13-7-8-16(11-17(13)20)30-15-6-2-5-14(10-15)19(21,22)23/h2,5-8,10-11H,3-4,9,12,24H2,1H3,(H2,25,26,27). The molecule has 2 aromatic carbocycles. The second-order valence-electron chi connectivity index (χ2n) is 7.15. The topological polar surface area (TPSA) is 92.8 Å². The van der Waals surface area contributed by atoms with E-state index in [0.29, 0.717) is 34.6 Å². The number of nitrogens with two attached hydrogens (primary N) is 1. The molecule has 1 unspecified atom stereocenters. The van der Waals surface area contributed by atoms with Crippen LogP contribution >= 0.6 is 19.6 Å². The van der Waals surface area contributed by atoms with Crippen LogP contribution in [-0.2, 0) is 21.7 Å². The van der Waals surface area contributed by atoms with E-state index in [0.717, 1.165) is 23.9 Å². The molecule has 1 atom stereocenters. The quantitative estimate of drug-likeness (QED) is 0.349. The molecule has 30 heavy (non-hydrogen) atoms. The van der Waals surface area contributed by atoms with Crippen molar-refractivity contribution in [3.63, 3.8) is 0 Å². The third-order valence-corrected chi connectivity index (χ3v) is 5.62. The zero-order valence-electron chi connectivity index (χ0n) is 16.0. The molecule has 0 bridgehead atoms. The van der Waals surface area contributed by atoms with Crippen molar-refractivity contribution in [1.29, 1.82) is 0 Å². The summed E-state index contributed by atoms with van der Waals surface area (Å²) in [7, 11) is -4.61. The monoisotopic (exact) mass is 467 g/mol. The average molecular weight is 467 g/mol. The number of hydrogen-bond acceptors (Lipinski definition) is 4. The molecular formula is C19H22F4NO4PS. The van der Waals surface area contributed by atoms with Gasteiger partial charge in [-0.15, -0.1) is 0 Å². The first-order chi connectivity index (χ1) is 13.8. The van der Waals surface area contributed by atoms with Gasteiger partial charge in [0.25, 0.3) is 0 Å². The van der Waals surface area contributed by atoms with Crippen molar-refractivity contribution in [3.05, 3.63) is 59.4 Å². The van der Waals surface area contributed by atoms with Gasteiger partial charge in [-0.25, -0.2) is 8.96 Å². The summed E-state index contributed by atoms with van der Waals surface area (Å²) in [5.41, 5.74) is 4.59. The lowest BCUT2D eigenvalue weighted by Gasteiger charge is -2.24. The summed E-state index contributed by atoms with van der Waals surface area (Å²) in [6, 6.07) is 9.26. The maximum atomic E-state index is 14.4. The largest absolute Gasteiger partial charge is 0.469 e. The van der Waals surface area contributed by atoms with Crippen molar-refractivity contribution in [2.45, 2.75) is 47.7 Å². The molecule has 2 rings (SSSR count). The third-order valence-electron chi connectivity index (χ3n) is 4.18. The zero-order chi connectivity index (χ0) is 22.6. The fourth-order valence-corrected chi connectivity index (χ4v) is 4.02. The summed E-state index contributed by atoms with van der Waals surface area (Å²) < 4.78 is 68.0. The van der Waals surface area contributed by atoms with Crippen LogP contribution in [0.2, 0.25) is 0 Å². The number of benzene rings is 2. The van der Waals surface area contributed by atoms with Crippen LogP contribution in [0.5, 0.6) is 0 Å². The first-order valence-electron chi connectivity index (χ1n) is 8.88. The lowest BCUT2D eigenvalue weighted by Crippen LogP contribution is -2.40. The number of halogens is 4. The maximum Gasteiger partial charge on any atom is 0.469 e. The van der Waals surface area contributed by atoms with Crippen molar-refractivity contribution in [1.82, 2.24) is 0 Å². The van der Waals surface area contributed by atoms with Crippen LogP contribution in [0.4, 0.5) is 17.6 Å². The van der Waals surface area contributed by atoms with Gasteiger partial charge in [0.2, 0.25) is 0 Å². The van der Waals surface area contributed by atoms with E-state index in [2.05, 4.69) is 4.52 Å². The van der Waals surface area contributed by atoms with E-state index in [1.54, 1.807) is 19.1 Å². The molecule has 0 aliphatic heterocycles. The van der Waals surface area contributed by atoms with Gasteiger partial charge in [-0.2, -0.15) is 13.2 Å². The molecule has 0 saturated heterocycles. The van der Waals surface area contributed by atoms with E-state index in [1.807, 2.05) is 0 Å². The lowest BCUT2D eigenvalue weighted by atomic mass is 9.95. The van der Waals surface area contributed by atoms with Gasteiger partial charge < -0.3 is 15.5 Å². The Bertz CT molecular complexity index is 918. The molecule has 0 heterocycles.